The summed E-state index contributed by atoms with van der Waals surface area (Å²) in [4.78, 5) is 10.9. The number of halogens is 1. The van der Waals surface area contributed by atoms with Crippen LogP contribution in [0.1, 0.15) is 77.6 Å². The van der Waals surface area contributed by atoms with E-state index in [0.29, 0.717) is 12.8 Å². The maximum atomic E-state index is 13.3. The van der Waals surface area contributed by atoms with E-state index in [-0.39, 0.29) is 11.8 Å². The van der Waals surface area contributed by atoms with Crippen molar-refractivity contribution in [3.05, 3.63) is 11.9 Å². The molecule has 0 aromatic carbocycles. The molecule has 0 aliphatic heterocycles. The van der Waals surface area contributed by atoms with Gasteiger partial charge in [-0.05, 0) is 32.1 Å². The summed E-state index contributed by atoms with van der Waals surface area (Å²) in [6.45, 7) is 2.13. The lowest BCUT2D eigenvalue weighted by Crippen LogP contribution is -1.99. The van der Waals surface area contributed by atoms with Gasteiger partial charge in [0.2, 0.25) is 0 Å². The first-order valence-electron chi connectivity index (χ1n) is 7.62. The van der Waals surface area contributed by atoms with Crippen molar-refractivity contribution in [1.82, 2.24) is 0 Å². The van der Waals surface area contributed by atoms with Gasteiger partial charge in [0.25, 0.3) is 0 Å². The first-order chi connectivity index (χ1) is 9.20. The summed E-state index contributed by atoms with van der Waals surface area (Å²) in [5, 5.41) is 0. The molecule has 0 saturated heterocycles. The highest BCUT2D eigenvalue weighted by Crippen LogP contribution is 2.13. The lowest BCUT2D eigenvalue weighted by molar-refractivity contribution is -0.140. The molecule has 0 N–H and O–H groups in total. The van der Waals surface area contributed by atoms with Gasteiger partial charge in [0, 0.05) is 6.42 Å². The Labute approximate surface area is 117 Å². The maximum absolute atomic E-state index is 13.3. The van der Waals surface area contributed by atoms with Crippen molar-refractivity contribution < 1.29 is 13.9 Å². The second-order valence-corrected chi connectivity index (χ2v) is 4.99. The molecule has 0 aromatic rings. The molecular formula is C16H29FO2. The van der Waals surface area contributed by atoms with E-state index in [1.807, 2.05) is 0 Å². The minimum absolute atomic E-state index is 0.0548. The van der Waals surface area contributed by atoms with Gasteiger partial charge in [-0.2, -0.15) is 0 Å². The molecule has 0 amide bonds. The third-order valence-corrected chi connectivity index (χ3v) is 3.20. The highest BCUT2D eigenvalue weighted by atomic mass is 19.1. The van der Waals surface area contributed by atoms with Crippen molar-refractivity contribution in [2.45, 2.75) is 77.6 Å². The van der Waals surface area contributed by atoms with Crippen LogP contribution in [0, 0.1) is 0 Å². The van der Waals surface area contributed by atoms with Gasteiger partial charge in [0.05, 0.1) is 12.9 Å². The van der Waals surface area contributed by atoms with Gasteiger partial charge in [-0.3, -0.25) is 4.79 Å². The van der Waals surface area contributed by atoms with E-state index < -0.39 is 0 Å². The number of esters is 1. The first-order valence-corrected chi connectivity index (χ1v) is 7.62. The smallest absolute Gasteiger partial charge is 0.305 e. The van der Waals surface area contributed by atoms with E-state index in [4.69, 9.17) is 0 Å². The Hall–Kier alpha value is -0.860. The van der Waals surface area contributed by atoms with Crippen molar-refractivity contribution in [2.75, 3.05) is 7.11 Å². The SMILES string of the molecule is CCCCC/C(F)=C\CCCCCCCC(=O)OC. The lowest BCUT2D eigenvalue weighted by Gasteiger charge is -2.00. The fraction of sp³-hybridized carbons (Fsp3) is 0.812. The molecule has 2 nitrogen and oxygen atoms in total. The third kappa shape index (κ3) is 13.4. The van der Waals surface area contributed by atoms with Crippen LogP contribution < -0.4 is 0 Å². The van der Waals surface area contributed by atoms with Crippen LogP contribution in [-0.4, -0.2) is 13.1 Å². The predicted molar refractivity (Wildman–Crippen MR) is 77.7 cm³/mol. The largest absolute Gasteiger partial charge is 0.469 e. The van der Waals surface area contributed by atoms with E-state index in [1.54, 1.807) is 6.08 Å². The molecule has 0 spiro atoms. The van der Waals surface area contributed by atoms with Crippen molar-refractivity contribution in [3.8, 4) is 0 Å². The number of ether oxygens (including phenoxy) is 1. The molecule has 0 aliphatic carbocycles. The van der Waals surface area contributed by atoms with Crippen LogP contribution in [0.5, 0.6) is 0 Å². The van der Waals surface area contributed by atoms with E-state index in [2.05, 4.69) is 11.7 Å². The molecule has 0 saturated carbocycles. The van der Waals surface area contributed by atoms with Crippen molar-refractivity contribution in [2.24, 2.45) is 0 Å². The second-order valence-electron chi connectivity index (χ2n) is 4.99. The Morgan fingerprint density at radius 2 is 1.63 bits per heavy atom. The van der Waals surface area contributed by atoms with Crippen LogP contribution in [0.15, 0.2) is 11.9 Å². The fourth-order valence-corrected chi connectivity index (χ4v) is 1.95. The molecule has 0 aromatic heterocycles. The monoisotopic (exact) mass is 272 g/mol. The first kappa shape index (κ1) is 18.1. The molecule has 112 valence electrons. The predicted octanol–water partition coefficient (Wildman–Crippen LogP) is 5.32. The Kier molecular flexibility index (Phi) is 13.0. The molecule has 0 rings (SSSR count). The van der Waals surface area contributed by atoms with Gasteiger partial charge < -0.3 is 4.74 Å². The summed E-state index contributed by atoms with van der Waals surface area (Å²) in [5.41, 5.74) is 0. The molecule has 19 heavy (non-hydrogen) atoms. The zero-order valence-corrected chi connectivity index (χ0v) is 12.5. The summed E-state index contributed by atoms with van der Waals surface area (Å²) in [5.74, 6) is -0.0729. The average Bonchev–Trinajstić information content (AvgIpc) is 2.41. The average molecular weight is 272 g/mol. The van der Waals surface area contributed by atoms with Crippen LogP contribution in [-0.2, 0) is 9.53 Å². The van der Waals surface area contributed by atoms with Crippen molar-refractivity contribution >= 4 is 5.97 Å². The second kappa shape index (κ2) is 13.6. The molecule has 0 unspecified atom stereocenters. The molecule has 0 aliphatic rings. The highest BCUT2D eigenvalue weighted by Gasteiger charge is 1.99. The number of hydrogen-bond acceptors (Lipinski definition) is 2. The zero-order valence-electron chi connectivity index (χ0n) is 12.5. The van der Waals surface area contributed by atoms with Crippen LogP contribution in [0.2, 0.25) is 0 Å². The van der Waals surface area contributed by atoms with Gasteiger partial charge in [0.15, 0.2) is 0 Å². The molecule has 0 radical (unpaired) electrons. The number of methoxy groups -OCH3 is 1. The molecule has 3 heteroatoms. The summed E-state index contributed by atoms with van der Waals surface area (Å²) in [7, 11) is 1.42. The molecule has 0 heterocycles. The van der Waals surface area contributed by atoms with Crippen molar-refractivity contribution in [3.63, 3.8) is 0 Å². The number of carbonyl (C=O) groups excluding carboxylic acids is 1. The standard InChI is InChI=1S/C16H29FO2/c1-3-4-9-12-15(17)13-10-7-5-6-8-11-14-16(18)19-2/h13H,3-12,14H2,1-2H3/b15-13+. The molecule has 0 fully saturated rings. The highest BCUT2D eigenvalue weighted by molar-refractivity contribution is 5.68. The van der Waals surface area contributed by atoms with Crippen LogP contribution in [0.25, 0.3) is 0 Å². The van der Waals surface area contributed by atoms with E-state index >= 15 is 0 Å². The van der Waals surface area contributed by atoms with Crippen LogP contribution in [0.3, 0.4) is 0 Å². The van der Waals surface area contributed by atoms with Crippen LogP contribution in [0.4, 0.5) is 4.39 Å². The summed E-state index contributed by atoms with van der Waals surface area (Å²) in [6.07, 6.45) is 12.1. The van der Waals surface area contributed by atoms with Gasteiger partial charge in [0.1, 0.15) is 0 Å². The zero-order chi connectivity index (χ0) is 14.3. The molecule has 0 atom stereocenters. The van der Waals surface area contributed by atoms with Crippen molar-refractivity contribution in [1.29, 1.82) is 0 Å². The van der Waals surface area contributed by atoms with E-state index in [0.717, 1.165) is 57.8 Å². The Bertz CT molecular complexity index is 249. The molecular weight excluding hydrogens is 243 g/mol. The Morgan fingerprint density at radius 1 is 1.00 bits per heavy atom. The normalized spacial score (nSPS) is 11.6. The van der Waals surface area contributed by atoms with Gasteiger partial charge in [-0.1, -0.05) is 45.1 Å². The fourth-order valence-electron chi connectivity index (χ4n) is 1.95. The Morgan fingerprint density at radius 3 is 2.32 bits per heavy atom. The van der Waals surface area contributed by atoms with E-state index in [1.165, 1.54) is 7.11 Å². The quantitative estimate of drug-likeness (QED) is 0.355. The number of rotatable bonds is 12. The number of carbonyl (C=O) groups is 1. The van der Waals surface area contributed by atoms with Gasteiger partial charge >= 0.3 is 5.97 Å². The summed E-state index contributed by atoms with van der Waals surface area (Å²) in [6, 6.07) is 0. The number of allylic oxidation sites excluding steroid dienone is 2. The third-order valence-electron chi connectivity index (χ3n) is 3.20. The van der Waals surface area contributed by atoms with Gasteiger partial charge in [-0.15, -0.1) is 0 Å². The van der Waals surface area contributed by atoms with E-state index in [9.17, 15) is 9.18 Å². The summed E-state index contributed by atoms with van der Waals surface area (Å²) < 4.78 is 17.9. The molecule has 0 bridgehead atoms. The number of unbranched alkanes of at least 4 members (excludes halogenated alkanes) is 7. The lowest BCUT2D eigenvalue weighted by atomic mass is 10.1. The minimum Gasteiger partial charge on any atom is -0.469 e. The summed E-state index contributed by atoms with van der Waals surface area (Å²) >= 11 is 0. The number of hydrogen-bond donors (Lipinski definition) is 0. The maximum Gasteiger partial charge on any atom is 0.305 e. The topological polar surface area (TPSA) is 26.3 Å². The minimum atomic E-state index is -0.128. The Balaban J connectivity index is 3.29. The van der Waals surface area contributed by atoms with Crippen LogP contribution >= 0.6 is 0 Å². The van der Waals surface area contributed by atoms with Gasteiger partial charge in [-0.25, -0.2) is 4.39 Å².